The third-order valence-corrected chi connectivity index (χ3v) is 3.89. The lowest BCUT2D eigenvalue weighted by atomic mass is 9.93. The molecule has 21 heavy (non-hydrogen) atoms. The number of hydrogen-bond donors (Lipinski definition) is 0. The van der Waals surface area contributed by atoms with Crippen LogP contribution in [0.15, 0.2) is 23.4 Å². The first kappa shape index (κ1) is 14.5. The van der Waals surface area contributed by atoms with Gasteiger partial charge in [0.05, 0.1) is 31.9 Å². The zero-order valence-corrected chi connectivity index (χ0v) is 12.7. The summed E-state index contributed by atoms with van der Waals surface area (Å²) in [5, 5.41) is 4.23. The van der Waals surface area contributed by atoms with E-state index in [1.807, 2.05) is 18.2 Å². The smallest absolute Gasteiger partial charge is 0.168 e. The number of nitrogens with zero attached hydrogens (tertiary/aromatic N) is 1. The Hall–Kier alpha value is -1.46. The molecular weight excluding hydrogens is 294 g/mol. The monoisotopic (exact) mass is 311 g/mol. The highest BCUT2D eigenvalue weighted by Crippen LogP contribution is 2.36. The van der Waals surface area contributed by atoms with Crippen LogP contribution in [0, 0.1) is 0 Å². The predicted molar refractivity (Wildman–Crippen MR) is 79.6 cm³/mol. The lowest BCUT2D eigenvalue weighted by Crippen LogP contribution is -2.29. The second-order valence-electron chi connectivity index (χ2n) is 5.19. The van der Waals surface area contributed by atoms with E-state index in [1.165, 1.54) is 0 Å². The quantitative estimate of drug-likeness (QED) is 0.784. The molecule has 1 unspecified atom stereocenters. The van der Waals surface area contributed by atoms with E-state index in [1.54, 1.807) is 7.11 Å². The third kappa shape index (κ3) is 2.94. The highest BCUT2D eigenvalue weighted by atomic mass is 35.5. The summed E-state index contributed by atoms with van der Waals surface area (Å²) in [6.45, 7) is 1.77. The first-order valence-corrected chi connectivity index (χ1v) is 7.50. The van der Waals surface area contributed by atoms with Gasteiger partial charge in [-0.1, -0.05) is 5.16 Å². The van der Waals surface area contributed by atoms with E-state index in [-0.39, 0.29) is 5.60 Å². The highest BCUT2D eigenvalue weighted by Gasteiger charge is 2.43. The minimum atomic E-state index is -0.271. The van der Waals surface area contributed by atoms with Gasteiger partial charge in [-0.15, -0.1) is 11.6 Å². The van der Waals surface area contributed by atoms with Gasteiger partial charge in [-0.3, -0.25) is 0 Å². The van der Waals surface area contributed by atoms with Crippen molar-refractivity contribution in [3.8, 4) is 11.5 Å². The van der Waals surface area contributed by atoms with E-state index >= 15 is 0 Å². The predicted octanol–water partition coefficient (Wildman–Crippen LogP) is 2.60. The molecule has 1 aromatic carbocycles. The Balaban J connectivity index is 1.79. The molecule has 1 saturated heterocycles. The maximum atomic E-state index is 5.67. The van der Waals surface area contributed by atoms with Crippen LogP contribution in [-0.4, -0.2) is 44.1 Å². The van der Waals surface area contributed by atoms with Crippen LogP contribution in [-0.2, 0) is 9.57 Å². The van der Waals surface area contributed by atoms with Gasteiger partial charge in [-0.05, 0) is 18.2 Å². The number of oxime groups is 1. The first-order chi connectivity index (χ1) is 10.3. The van der Waals surface area contributed by atoms with Crippen molar-refractivity contribution in [1.29, 1.82) is 0 Å². The lowest BCUT2D eigenvalue weighted by Gasteiger charge is -2.17. The van der Waals surface area contributed by atoms with E-state index in [9.17, 15) is 0 Å². The van der Waals surface area contributed by atoms with E-state index < -0.39 is 0 Å². The van der Waals surface area contributed by atoms with Gasteiger partial charge in [-0.25, -0.2) is 0 Å². The largest absolute Gasteiger partial charge is 0.493 e. The number of methoxy groups -OCH3 is 1. The van der Waals surface area contributed by atoms with Crippen LogP contribution in [0.3, 0.4) is 0 Å². The first-order valence-electron chi connectivity index (χ1n) is 6.96. The minimum absolute atomic E-state index is 0.271. The summed E-state index contributed by atoms with van der Waals surface area (Å²) in [6.07, 6.45) is 1.64. The number of alkyl halides is 1. The number of benzene rings is 1. The molecule has 0 radical (unpaired) electrons. The molecule has 2 aliphatic heterocycles. The molecule has 114 valence electrons. The molecule has 2 aliphatic rings. The Morgan fingerprint density at radius 2 is 2.29 bits per heavy atom. The molecule has 0 amide bonds. The van der Waals surface area contributed by atoms with E-state index in [4.69, 9.17) is 30.6 Å². The average molecular weight is 312 g/mol. The van der Waals surface area contributed by atoms with Crippen LogP contribution in [0.5, 0.6) is 11.5 Å². The van der Waals surface area contributed by atoms with Gasteiger partial charge >= 0.3 is 0 Å². The molecule has 5 nitrogen and oxygen atoms in total. The normalized spacial score (nSPS) is 24.0. The fraction of sp³-hybridized carbons (Fsp3) is 0.533. The maximum absolute atomic E-state index is 5.67. The van der Waals surface area contributed by atoms with Crippen LogP contribution in [0.2, 0.25) is 0 Å². The molecule has 1 aromatic rings. The van der Waals surface area contributed by atoms with Crippen LogP contribution in [0.4, 0.5) is 0 Å². The van der Waals surface area contributed by atoms with Crippen LogP contribution < -0.4 is 9.47 Å². The van der Waals surface area contributed by atoms with Gasteiger partial charge in [0.2, 0.25) is 0 Å². The number of rotatable bonds is 5. The van der Waals surface area contributed by atoms with Crippen molar-refractivity contribution in [3.63, 3.8) is 0 Å². The summed E-state index contributed by atoms with van der Waals surface area (Å²) in [4.78, 5) is 5.62. The molecule has 1 atom stereocenters. The van der Waals surface area contributed by atoms with Crippen LogP contribution in [0.1, 0.15) is 18.4 Å². The summed E-state index contributed by atoms with van der Waals surface area (Å²) in [5.41, 5.74) is 1.62. The fourth-order valence-corrected chi connectivity index (χ4v) is 2.67. The SMILES string of the molecule is COc1ccc(C2=NOC3(CCOC3)C2)cc1OCCCl. The summed E-state index contributed by atoms with van der Waals surface area (Å²) < 4.78 is 16.3. The zero-order valence-electron chi connectivity index (χ0n) is 11.9. The Kier molecular flexibility index (Phi) is 4.22. The summed E-state index contributed by atoms with van der Waals surface area (Å²) >= 11 is 5.67. The van der Waals surface area contributed by atoms with Gasteiger partial charge in [0.25, 0.3) is 0 Å². The summed E-state index contributed by atoms with van der Waals surface area (Å²) in [7, 11) is 1.61. The second kappa shape index (κ2) is 6.12. The van der Waals surface area contributed by atoms with Crippen molar-refractivity contribution < 1.29 is 19.0 Å². The average Bonchev–Trinajstić information content (AvgIpc) is 3.15. The topological polar surface area (TPSA) is 49.3 Å². The van der Waals surface area contributed by atoms with E-state index in [2.05, 4.69) is 5.16 Å². The molecule has 6 heteroatoms. The van der Waals surface area contributed by atoms with Crippen molar-refractivity contribution in [2.24, 2.45) is 5.16 Å². The van der Waals surface area contributed by atoms with Gasteiger partial charge in [-0.2, -0.15) is 0 Å². The summed E-state index contributed by atoms with van der Waals surface area (Å²) in [5.74, 6) is 1.78. The highest BCUT2D eigenvalue weighted by molar-refractivity contribution is 6.18. The van der Waals surface area contributed by atoms with Gasteiger partial charge in [0, 0.05) is 18.4 Å². The molecule has 0 N–H and O–H groups in total. The molecule has 0 aromatic heterocycles. The lowest BCUT2D eigenvalue weighted by molar-refractivity contribution is -0.0237. The van der Waals surface area contributed by atoms with Crippen LogP contribution >= 0.6 is 11.6 Å². The second-order valence-corrected chi connectivity index (χ2v) is 5.57. The standard InChI is InChI=1S/C15H18ClNO4/c1-18-13-3-2-11(8-14(13)20-7-5-16)12-9-15(21-17-12)4-6-19-10-15/h2-3,8H,4-7,9-10H2,1H3. The van der Waals surface area contributed by atoms with Gasteiger partial charge < -0.3 is 19.0 Å². The Bertz CT molecular complexity index is 540. The third-order valence-electron chi connectivity index (χ3n) is 3.74. The Labute approximate surface area is 128 Å². The number of halogens is 1. The Morgan fingerprint density at radius 1 is 1.38 bits per heavy atom. The summed E-state index contributed by atoms with van der Waals surface area (Å²) in [6, 6.07) is 5.75. The van der Waals surface area contributed by atoms with Crippen molar-refractivity contribution >= 4 is 17.3 Å². The number of ether oxygens (including phenoxy) is 3. The number of hydrogen-bond acceptors (Lipinski definition) is 5. The molecule has 0 saturated carbocycles. The molecule has 2 heterocycles. The van der Waals surface area contributed by atoms with Crippen LogP contribution in [0.25, 0.3) is 0 Å². The maximum Gasteiger partial charge on any atom is 0.168 e. The van der Waals surface area contributed by atoms with Gasteiger partial charge in [0.1, 0.15) is 6.61 Å². The molecule has 0 bridgehead atoms. The molecule has 1 fully saturated rings. The van der Waals surface area contributed by atoms with Crippen molar-refractivity contribution in [2.45, 2.75) is 18.4 Å². The zero-order chi connectivity index (χ0) is 14.7. The fourth-order valence-electron chi connectivity index (χ4n) is 2.59. The van der Waals surface area contributed by atoms with E-state index in [0.717, 1.165) is 30.7 Å². The van der Waals surface area contributed by atoms with Crippen molar-refractivity contribution in [2.75, 3.05) is 32.8 Å². The molecule has 1 spiro atoms. The van der Waals surface area contributed by atoms with Crippen molar-refractivity contribution in [1.82, 2.24) is 0 Å². The van der Waals surface area contributed by atoms with Crippen molar-refractivity contribution in [3.05, 3.63) is 23.8 Å². The molecule has 0 aliphatic carbocycles. The molecular formula is C15H18ClNO4. The van der Waals surface area contributed by atoms with E-state index in [0.29, 0.717) is 30.6 Å². The molecule has 3 rings (SSSR count). The minimum Gasteiger partial charge on any atom is -0.493 e. The van der Waals surface area contributed by atoms with Gasteiger partial charge in [0.15, 0.2) is 17.1 Å². The Morgan fingerprint density at radius 3 is 3.00 bits per heavy atom.